The van der Waals surface area contributed by atoms with E-state index in [1.807, 2.05) is 6.07 Å². The molecule has 2 aromatic rings. The first-order valence-electron chi connectivity index (χ1n) is 15.3. The van der Waals surface area contributed by atoms with Crippen LogP contribution in [0.1, 0.15) is 80.3 Å². The Morgan fingerprint density at radius 3 is 2.51 bits per heavy atom. The molecule has 39 heavy (non-hydrogen) atoms. The van der Waals surface area contributed by atoms with Gasteiger partial charge in [0.05, 0.1) is 11.1 Å². The van der Waals surface area contributed by atoms with E-state index in [0.717, 1.165) is 76.9 Å². The Morgan fingerprint density at radius 1 is 1.13 bits per heavy atom. The summed E-state index contributed by atoms with van der Waals surface area (Å²) >= 11 is 0. The van der Waals surface area contributed by atoms with Crippen LogP contribution in [0.2, 0.25) is 0 Å². The van der Waals surface area contributed by atoms with Crippen molar-refractivity contribution >= 4 is 5.97 Å². The minimum Gasteiger partial charge on any atom is -0.481 e. The lowest BCUT2D eigenvalue weighted by atomic mass is 9.82. The summed E-state index contributed by atoms with van der Waals surface area (Å²) in [5.74, 6) is 1.63. The first kappa shape index (κ1) is 26.9. The number of aromatic nitrogens is 2. The van der Waals surface area contributed by atoms with E-state index in [0.29, 0.717) is 30.2 Å². The van der Waals surface area contributed by atoms with Crippen molar-refractivity contribution in [3.8, 4) is 0 Å². The maximum atomic E-state index is 14.3. The Labute approximate surface area is 232 Å². The second kappa shape index (κ2) is 10.6. The molecular weight excluding hydrogens is 491 g/mol. The van der Waals surface area contributed by atoms with Crippen molar-refractivity contribution in [2.24, 2.45) is 23.2 Å². The second-order valence-electron chi connectivity index (χ2n) is 13.1. The fourth-order valence-electron chi connectivity index (χ4n) is 8.54. The minimum absolute atomic E-state index is 0.182. The first-order valence-corrected chi connectivity index (χ1v) is 15.3. The van der Waals surface area contributed by atoms with Gasteiger partial charge in [0.1, 0.15) is 5.82 Å². The van der Waals surface area contributed by atoms with Gasteiger partial charge in [0.2, 0.25) is 0 Å². The van der Waals surface area contributed by atoms with Gasteiger partial charge in [0.25, 0.3) is 0 Å². The van der Waals surface area contributed by atoms with Gasteiger partial charge in [-0.15, -0.1) is 0 Å². The normalized spacial score (nSPS) is 31.6. The number of piperidine rings is 1. The monoisotopic (exact) mass is 536 g/mol. The van der Waals surface area contributed by atoms with Crippen LogP contribution in [0, 0.1) is 35.9 Å². The van der Waals surface area contributed by atoms with Gasteiger partial charge in [-0.05, 0) is 112 Å². The van der Waals surface area contributed by atoms with Crippen LogP contribution in [0.4, 0.5) is 4.39 Å². The average Bonchev–Trinajstić information content (AvgIpc) is 3.22. The molecule has 0 spiro atoms. The van der Waals surface area contributed by atoms with E-state index in [2.05, 4.69) is 41.3 Å². The van der Waals surface area contributed by atoms with E-state index in [9.17, 15) is 14.3 Å². The Balaban J connectivity index is 1.15. The fraction of sp³-hybridized carbons (Fsp3) is 0.688. The van der Waals surface area contributed by atoms with Crippen molar-refractivity contribution in [1.29, 1.82) is 0 Å². The van der Waals surface area contributed by atoms with E-state index in [4.69, 9.17) is 5.10 Å². The summed E-state index contributed by atoms with van der Waals surface area (Å²) in [5, 5.41) is 15.1. The van der Waals surface area contributed by atoms with Gasteiger partial charge >= 0.3 is 5.97 Å². The molecule has 0 amide bonds. The summed E-state index contributed by atoms with van der Waals surface area (Å²) in [6.45, 7) is 13.0. The highest BCUT2D eigenvalue weighted by molar-refractivity contribution is 5.76. The topological polar surface area (TPSA) is 61.6 Å². The predicted octanol–water partition coefficient (Wildman–Crippen LogP) is 5.31. The van der Waals surface area contributed by atoms with Crippen LogP contribution in [0.15, 0.2) is 24.3 Å². The lowest BCUT2D eigenvalue weighted by Crippen LogP contribution is -2.42. The van der Waals surface area contributed by atoms with E-state index < -0.39 is 11.4 Å². The van der Waals surface area contributed by atoms with Crippen molar-refractivity contribution in [2.45, 2.75) is 77.7 Å². The molecule has 5 atom stereocenters. The third-order valence-electron chi connectivity index (χ3n) is 10.6. The molecule has 4 aliphatic rings. The van der Waals surface area contributed by atoms with E-state index in [1.54, 1.807) is 6.07 Å². The number of hydrogen-bond donors (Lipinski definition) is 1. The largest absolute Gasteiger partial charge is 0.481 e. The molecule has 3 heterocycles. The standard InChI is InChI=1S/C32H45FN4O2/c1-4-29-30(21(3)37(5-2)34-29)22-9-11-35(12-10-22)17-26-18-36(19-28(26)23-7-6-8-27(33)14-23)20-32(31(38)39)15-24-13-25(24)16-32/h6-8,14,22,24-26,28H,4-5,9-13,15-20H2,1-3H3,(H,38,39)/t24-,25+,26-,28+,32?/m0/s1. The number of benzene rings is 1. The number of hydrogen-bond acceptors (Lipinski definition) is 4. The molecule has 2 saturated carbocycles. The van der Waals surface area contributed by atoms with Gasteiger partial charge in [-0.2, -0.15) is 5.10 Å². The molecule has 2 aliphatic carbocycles. The number of carboxylic acids is 1. The summed E-state index contributed by atoms with van der Waals surface area (Å²) in [5.41, 5.74) is 4.55. The van der Waals surface area contributed by atoms with Crippen LogP contribution in [0.3, 0.4) is 0 Å². The first-order chi connectivity index (χ1) is 18.8. The molecule has 2 aliphatic heterocycles. The summed E-state index contributed by atoms with van der Waals surface area (Å²) < 4.78 is 16.4. The van der Waals surface area contributed by atoms with E-state index >= 15 is 0 Å². The van der Waals surface area contributed by atoms with Gasteiger partial charge in [-0.1, -0.05) is 19.1 Å². The quantitative estimate of drug-likeness (QED) is 0.471. The molecule has 1 aromatic carbocycles. The van der Waals surface area contributed by atoms with E-state index in [-0.39, 0.29) is 11.7 Å². The lowest BCUT2D eigenvalue weighted by molar-refractivity contribution is -0.150. The minimum atomic E-state index is -0.615. The summed E-state index contributed by atoms with van der Waals surface area (Å²) in [4.78, 5) is 17.4. The molecule has 1 N–H and O–H groups in total. The molecule has 4 fully saturated rings. The molecule has 2 saturated heterocycles. The zero-order chi connectivity index (χ0) is 27.3. The third kappa shape index (κ3) is 5.17. The predicted molar refractivity (Wildman–Crippen MR) is 150 cm³/mol. The summed E-state index contributed by atoms with van der Waals surface area (Å²) in [7, 11) is 0. The molecule has 1 unspecified atom stereocenters. The Hall–Kier alpha value is -2.25. The van der Waals surface area contributed by atoms with Crippen LogP contribution in [0.25, 0.3) is 0 Å². The van der Waals surface area contributed by atoms with E-state index in [1.165, 1.54) is 29.4 Å². The number of fused-ring (bicyclic) bond motifs is 1. The van der Waals surface area contributed by atoms with Gasteiger partial charge < -0.3 is 14.9 Å². The Bertz CT molecular complexity index is 1190. The number of halogens is 1. The molecule has 212 valence electrons. The molecule has 0 bridgehead atoms. The number of aryl methyl sites for hydroxylation is 2. The third-order valence-corrected chi connectivity index (χ3v) is 10.6. The molecular formula is C32H45FN4O2. The van der Waals surface area contributed by atoms with Crippen LogP contribution in [-0.4, -0.2) is 69.9 Å². The smallest absolute Gasteiger partial charge is 0.310 e. The van der Waals surface area contributed by atoms with Crippen molar-refractivity contribution in [3.05, 3.63) is 52.6 Å². The molecule has 6 nitrogen and oxygen atoms in total. The van der Waals surface area contributed by atoms with Crippen LogP contribution in [0.5, 0.6) is 0 Å². The van der Waals surface area contributed by atoms with Crippen LogP contribution in [-0.2, 0) is 17.8 Å². The van der Waals surface area contributed by atoms with Gasteiger partial charge in [0, 0.05) is 44.3 Å². The maximum Gasteiger partial charge on any atom is 0.310 e. The number of carboxylic acid groups (broad SMARTS) is 1. The van der Waals surface area contributed by atoms with Crippen molar-refractivity contribution < 1.29 is 14.3 Å². The number of rotatable bonds is 9. The molecule has 0 radical (unpaired) electrons. The van der Waals surface area contributed by atoms with Crippen molar-refractivity contribution in [3.63, 3.8) is 0 Å². The highest BCUT2D eigenvalue weighted by Crippen LogP contribution is 2.60. The van der Waals surface area contributed by atoms with Crippen LogP contribution >= 0.6 is 0 Å². The highest BCUT2D eigenvalue weighted by Gasteiger charge is 2.58. The SMILES string of the molecule is CCc1nn(CC)c(C)c1C1CCN(C[C@H]2CN(CC3(C(=O)O)C[C@H]4C[C@H]4C3)C[C@@H]2c2cccc(F)c2)CC1. The molecule has 6 rings (SSSR count). The fourth-order valence-corrected chi connectivity index (χ4v) is 8.54. The molecule has 1 aromatic heterocycles. The zero-order valence-electron chi connectivity index (χ0n) is 23.9. The number of carbonyl (C=O) groups is 1. The molecule has 7 heteroatoms. The maximum absolute atomic E-state index is 14.3. The summed E-state index contributed by atoms with van der Waals surface area (Å²) in [6.07, 6.45) is 6.17. The Kier molecular flexibility index (Phi) is 7.34. The van der Waals surface area contributed by atoms with Crippen molar-refractivity contribution in [2.75, 3.05) is 39.3 Å². The number of aliphatic carboxylic acids is 1. The highest BCUT2D eigenvalue weighted by atomic mass is 19.1. The van der Waals surface area contributed by atoms with Crippen LogP contribution < -0.4 is 0 Å². The van der Waals surface area contributed by atoms with Gasteiger partial charge in [0.15, 0.2) is 0 Å². The van der Waals surface area contributed by atoms with Gasteiger partial charge in [-0.3, -0.25) is 9.48 Å². The average molecular weight is 537 g/mol. The number of nitrogens with zero attached hydrogens (tertiary/aromatic N) is 4. The Morgan fingerprint density at radius 2 is 1.87 bits per heavy atom. The second-order valence-corrected chi connectivity index (χ2v) is 13.1. The summed E-state index contributed by atoms with van der Waals surface area (Å²) in [6, 6.07) is 7.11. The number of likely N-dealkylation sites (tertiary alicyclic amines) is 2. The van der Waals surface area contributed by atoms with Crippen molar-refractivity contribution in [1.82, 2.24) is 19.6 Å². The van der Waals surface area contributed by atoms with Gasteiger partial charge in [-0.25, -0.2) is 4.39 Å². The zero-order valence-corrected chi connectivity index (χ0v) is 23.9. The lowest BCUT2D eigenvalue weighted by Gasteiger charge is -2.35.